The molecule has 0 unspecified atom stereocenters. The van der Waals surface area contributed by atoms with Gasteiger partial charge in [0.1, 0.15) is 5.76 Å². The molecule has 0 amide bonds. The van der Waals surface area contributed by atoms with Gasteiger partial charge in [-0.3, -0.25) is 0 Å². The maximum Gasteiger partial charge on any atom is 0.240 e. The number of nitrogens with zero attached hydrogens (tertiary/aromatic N) is 1. The number of hydrogen-bond acceptors (Lipinski definition) is 4. The maximum absolute atomic E-state index is 11.9. The summed E-state index contributed by atoms with van der Waals surface area (Å²) in [5.74, 6) is 0.654. The Labute approximate surface area is 106 Å². The molecule has 0 saturated carbocycles. The number of sulfonamides is 1. The molecule has 0 fully saturated rings. The van der Waals surface area contributed by atoms with Gasteiger partial charge in [-0.25, -0.2) is 13.1 Å². The van der Waals surface area contributed by atoms with Crippen molar-refractivity contribution in [3.05, 3.63) is 47.9 Å². The van der Waals surface area contributed by atoms with Crippen LogP contribution in [0.2, 0.25) is 0 Å². The number of rotatable bonds is 5. The van der Waals surface area contributed by atoms with Gasteiger partial charge in [0.15, 0.2) is 0 Å². The molecule has 6 heteroatoms. The van der Waals surface area contributed by atoms with Crippen LogP contribution in [0.1, 0.15) is 11.3 Å². The highest BCUT2D eigenvalue weighted by Crippen LogP contribution is 2.09. The highest BCUT2D eigenvalue weighted by atomic mass is 32.2. The van der Waals surface area contributed by atoms with Crippen LogP contribution in [-0.4, -0.2) is 20.1 Å². The molecular formula is C12H14N2O3S. The van der Waals surface area contributed by atoms with Gasteiger partial charge in [0, 0.05) is 19.0 Å². The third-order valence-electron chi connectivity index (χ3n) is 2.49. The van der Waals surface area contributed by atoms with E-state index >= 15 is 0 Å². The zero-order valence-electron chi connectivity index (χ0n) is 9.96. The molecule has 0 bridgehead atoms. The molecule has 1 N–H and O–H groups in total. The molecule has 0 aliphatic carbocycles. The molecule has 0 radical (unpaired) electrons. The lowest BCUT2D eigenvalue weighted by Gasteiger charge is -2.05. The van der Waals surface area contributed by atoms with Gasteiger partial charge < -0.3 is 4.52 Å². The summed E-state index contributed by atoms with van der Waals surface area (Å²) >= 11 is 0. The predicted octanol–water partition coefficient (Wildman–Crippen LogP) is 1.50. The van der Waals surface area contributed by atoms with Crippen LogP contribution in [0.25, 0.3) is 0 Å². The van der Waals surface area contributed by atoms with Crippen molar-refractivity contribution in [2.24, 2.45) is 0 Å². The molecule has 1 aromatic heterocycles. The van der Waals surface area contributed by atoms with Gasteiger partial charge in [0.2, 0.25) is 10.0 Å². The van der Waals surface area contributed by atoms with Crippen molar-refractivity contribution in [1.82, 2.24) is 9.88 Å². The van der Waals surface area contributed by atoms with E-state index in [9.17, 15) is 8.42 Å². The molecular weight excluding hydrogens is 252 g/mol. The van der Waals surface area contributed by atoms with E-state index < -0.39 is 10.0 Å². The minimum atomic E-state index is -3.44. The van der Waals surface area contributed by atoms with Crippen molar-refractivity contribution in [2.75, 3.05) is 6.54 Å². The second-order valence-electron chi connectivity index (χ2n) is 3.94. The van der Waals surface area contributed by atoms with Crippen molar-refractivity contribution in [3.8, 4) is 0 Å². The van der Waals surface area contributed by atoms with Crippen LogP contribution in [0, 0.1) is 6.92 Å². The van der Waals surface area contributed by atoms with Gasteiger partial charge in [0.05, 0.1) is 11.1 Å². The van der Waals surface area contributed by atoms with Gasteiger partial charge in [-0.2, -0.15) is 0 Å². The summed E-state index contributed by atoms with van der Waals surface area (Å²) in [5.41, 5.74) is 1.02. The van der Waals surface area contributed by atoms with Crippen LogP contribution in [0.15, 0.2) is 45.9 Å². The first kappa shape index (κ1) is 12.8. The minimum Gasteiger partial charge on any atom is -0.361 e. The van der Waals surface area contributed by atoms with Gasteiger partial charge >= 0.3 is 0 Å². The summed E-state index contributed by atoms with van der Waals surface area (Å²) in [4.78, 5) is 0.269. The number of benzene rings is 1. The molecule has 96 valence electrons. The summed E-state index contributed by atoms with van der Waals surface area (Å²) in [6.07, 6.45) is 2.01. The standard InChI is InChI=1S/C12H14N2O3S/c1-10-2-4-12(5-3-10)18(15,16)14-9-7-11-6-8-13-17-11/h2-6,8,14H,7,9H2,1H3. The van der Waals surface area contributed by atoms with E-state index in [-0.39, 0.29) is 11.4 Å². The maximum atomic E-state index is 11.9. The van der Waals surface area contributed by atoms with E-state index in [4.69, 9.17) is 4.52 Å². The molecule has 0 aliphatic rings. The Bertz CT molecular complexity index is 589. The Balaban J connectivity index is 1.97. The zero-order chi connectivity index (χ0) is 13.0. The van der Waals surface area contributed by atoms with Crippen LogP contribution in [0.3, 0.4) is 0 Å². The Hall–Kier alpha value is -1.66. The van der Waals surface area contributed by atoms with E-state index in [1.165, 1.54) is 6.20 Å². The molecule has 1 aromatic carbocycles. The van der Waals surface area contributed by atoms with Crippen molar-refractivity contribution in [1.29, 1.82) is 0 Å². The number of aromatic nitrogens is 1. The third kappa shape index (κ3) is 3.18. The van der Waals surface area contributed by atoms with Crippen molar-refractivity contribution < 1.29 is 12.9 Å². The fraction of sp³-hybridized carbons (Fsp3) is 0.250. The summed E-state index contributed by atoms with van der Waals surface area (Å²) in [6, 6.07) is 8.43. The smallest absolute Gasteiger partial charge is 0.240 e. The highest BCUT2D eigenvalue weighted by molar-refractivity contribution is 7.89. The van der Waals surface area contributed by atoms with Gasteiger partial charge in [0.25, 0.3) is 0 Å². The summed E-state index contributed by atoms with van der Waals surface area (Å²) in [5, 5.41) is 3.55. The lowest BCUT2D eigenvalue weighted by molar-refractivity contribution is 0.383. The SMILES string of the molecule is Cc1ccc(S(=O)(=O)NCCc2ccno2)cc1. The van der Waals surface area contributed by atoms with Crippen LogP contribution < -0.4 is 4.72 Å². The van der Waals surface area contributed by atoms with E-state index in [0.717, 1.165) is 5.56 Å². The Morgan fingerprint density at radius 2 is 1.94 bits per heavy atom. The Kier molecular flexibility index (Phi) is 3.78. The van der Waals surface area contributed by atoms with Gasteiger partial charge in [-0.15, -0.1) is 0 Å². The van der Waals surface area contributed by atoms with Gasteiger partial charge in [-0.05, 0) is 19.1 Å². The highest BCUT2D eigenvalue weighted by Gasteiger charge is 2.12. The zero-order valence-corrected chi connectivity index (χ0v) is 10.8. The predicted molar refractivity (Wildman–Crippen MR) is 66.6 cm³/mol. The first-order valence-corrected chi connectivity index (χ1v) is 7.02. The number of aryl methyl sites for hydroxylation is 1. The third-order valence-corrected chi connectivity index (χ3v) is 3.96. The molecule has 0 atom stereocenters. The molecule has 0 aliphatic heterocycles. The van der Waals surface area contributed by atoms with E-state index in [0.29, 0.717) is 12.2 Å². The lowest BCUT2D eigenvalue weighted by Crippen LogP contribution is -2.25. The lowest BCUT2D eigenvalue weighted by atomic mass is 10.2. The fourth-order valence-corrected chi connectivity index (χ4v) is 2.51. The van der Waals surface area contributed by atoms with Crippen molar-refractivity contribution in [2.45, 2.75) is 18.2 Å². The van der Waals surface area contributed by atoms with E-state index in [2.05, 4.69) is 9.88 Å². The second kappa shape index (κ2) is 5.32. The average molecular weight is 266 g/mol. The quantitative estimate of drug-likeness (QED) is 0.890. The van der Waals surface area contributed by atoms with Crippen molar-refractivity contribution >= 4 is 10.0 Å². The Morgan fingerprint density at radius 3 is 2.56 bits per heavy atom. The molecule has 2 rings (SSSR count). The van der Waals surface area contributed by atoms with Crippen molar-refractivity contribution in [3.63, 3.8) is 0 Å². The molecule has 0 spiro atoms. The number of nitrogens with one attached hydrogen (secondary N) is 1. The first-order chi connectivity index (χ1) is 8.58. The first-order valence-electron chi connectivity index (χ1n) is 5.54. The normalized spacial score (nSPS) is 11.6. The molecule has 2 aromatic rings. The largest absolute Gasteiger partial charge is 0.361 e. The Morgan fingerprint density at radius 1 is 1.22 bits per heavy atom. The minimum absolute atomic E-state index is 0.269. The summed E-state index contributed by atoms with van der Waals surface area (Å²) in [7, 11) is -3.44. The van der Waals surface area contributed by atoms with E-state index in [1.54, 1.807) is 30.3 Å². The number of hydrogen-bond donors (Lipinski definition) is 1. The second-order valence-corrected chi connectivity index (χ2v) is 5.71. The average Bonchev–Trinajstić information content (AvgIpc) is 2.82. The molecule has 5 nitrogen and oxygen atoms in total. The molecule has 1 heterocycles. The molecule has 18 heavy (non-hydrogen) atoms. The molecule has 0 saturated heterocycles. The summed E-state index contributed by atoms with van der Waals surface area (Å²) < 4.78 is 31.2. The fourth-order valence-electron chi connectivity index (χ4n) is 1.48. The van der Waals surface area contributed by atoms with Crippen LogP contribution in [0.4, 0.5) is 0 Å². The van der Waals surface area contributed by atoms with Crippen LogP contribution in [-0.2, 0) is 16.4 Å². The monoisotopic (exact) mass is 266 g/mol. The van der Waals surface area contributed by atoms with Gasteiger partial charge in [-0.1, -0.05) is 22.9 Å². The van der Waals surface area contributed by atoms with E-state index in [1.807, 2.05) is 6.92 Å². The van der Waals surface area contributed by atoms with Crippen LogP contribution in [0.5, 0.6) is 0 Å². The summed E-state index contributed by atoms with van der Waals surface area (Å²) in [6.45, 7) is 2.19. The topological polar surface area (TPSA) is 72.2 Å². The van der Waals surface area contributed by atoms with Crippen LogP contribution >= 0.6 is 0 Å².